The van der Waals surface area contributed by atoms with Crippen molar-refractivity contribution < 1.29 is 0 Å². The van der Waals surface area contributed by atoms with Gasteiger partial charge in [0.15, 0.2) is 5.65 Å². The average molecular weight is 452 g/mol. The molecular weight excluding hydrogens is 426 g/mol. The van der Waals surface area contributed by atoms with Crippen LogP contribution >= 0.6 is 15.9 Å². The van der Waals surface area contributed by atoms with Gasteiger partial charge in [-0.25, -0.2) is 9.97 Å². The molecule has 0 aliphatic carbocycles. The molecule has 1 aromatic carbocycles. The van der Waals surface area contributed by atoms with Gasteiger partial charge in [-0.2, -0.15) is 5.26 Å². The molecular formula is C23H26BrN5. The molecule has 0 spiro atoms. The summed E-state index contributed by atoms with van der Waals surface area (Å²) in [6.07, 6.45) is 5.01. The van der Waals surface area contributed by atoms with E-state index < -0.39 is 0 Å². The van der Waals surface area contributed by atoms with Crippen LogP contribution in [0.1, 0.15) is 41.8 Å². The van der Waals surface area contributed by atoms with Crippen molar-refractivity contribution in [3.8, 4) is 11.8 Å². The van der Waals surface area contributed by atoms with Gasteiger partial charge in [0.05, 0.1) is 17.1 Å². The summed E-state index contributed by atoms with van der Waals surface area (Å²) in [7, 11) is 0. The smallest absolute Gasteiger partial charge is 0.150 e. The molecule has 0 radical (unpaired) electrons. The summed E-state index contributed by atoms with van der Waals surface area (Å²) in [4.78, 5) is 12.1. The zero-order valence-corrected chi connectivity index (χ0v) is 19.0. The maximum atomic E-state index is 9.14. The van der Waals surface area contributed by atoms with Gasteiger partial charge in [0, 0.05) is 30.2 Å². The number of hydrogen-bond donors (Lipinski definition) is 0. The van der Waals surface area contributed by atoms with Crippen LogP contribution in [0, 0.1) is 44.9 Å². The van der Waals surface area contributed by atoms with E-state index in [4.69, 9.17) is 15.2 Å². The third kappa shape index (κ3) is 3.64. The Kier molecular flexibility index (Phi) is 5.35. The number of nitriles is 1. The van der Waals surface area contributed by atoms with Crippen molar-refractivity contribution in [2.24, 2.45) is 5.92 Å². The standard InChI is InChI=1S/C23H26BrN5/c1-14-10-19(24)11-15(2)21(14)29-12-16(3)20-22(26-17(4)27-23(20)29)28-9-5-6-18(13-28)7-8-25/h10-12,18H,5-7,9,13H2,1-4H3. The van der Waals surface area contributed by atoms with Gasteiger partial charge in [0.1, 0.15) is 11.6 Å². The van der Waals surface area contributed by atoms with E-state index in [1.807, 2.05) is 6.92 Å². The van der Waals surface area contributed by atoms with Gasteiger partial charge in [-0.1, -0.05) is 15.9 Å². The van der Waals surface area contributed by atoms with Crippen LogP contribution in [-0.2, 0) is 0 Å². The molecule has 150 valence electrons. The Morgan fingerprint density at radius 1 is 1.14 bits per heavy atom. The molecule has 1 atom stereocenters. The van der Waals surface area contributed by atoms with Crippen molar-refractivity contribution in [1.29, 1.82) is 5.26 Å². The summed E-state index contributed by atoms with van der Waals surface area (Å²) in [5.41, 5.74) is 5.73. The number of halogens is 1. The molecule has 0 bridgehead atoms. The molecule has 29 heavy (non-hydrogen) atoms. The van der Waals surface area contributed by atoms with E-state index in [0.29, 0.717) is 12.3 Å². The highest BCUT2D eigenvalue weighted by Crippen LogP contribution is 2.35. The Labute approximate surface area is 180 Å². The lowest BCUT2D eigenvalue weighted by Gasteiger charge is -2.33. The maximum absolute atomic E-state index is 9.14. The van der Waals surface area contributed by atoms with E-state index in [1.165, 1.54) is 22.4 Å². The van der Waals surface area contributed by atoms with E-state index in [1.54, 1.807) is 0 Å². The highest BCUT2D eigenvalue weighted by atomic mass is 79.9. The lowest BCUT2D eigenvalue weighted by Crippen LogP contribution is -2.36. The fourth-order valence-electron chi connectivity index (χ4n) is 4.63. The quantitative estimate of drug-likeness (QED) is 0.523. The fourth-order valence-corrected chi connectivity index (χ4v) is 5.31. The Morgan fingerprint density at radius 3 is 2.55 bits per heavy atom. The topological polar surface area (TPSA) is 57.7 Å². The van der Waals surface area contributed by atoms with Crippen molar-refractivity contribution >= 4 is 32.8 Å². The molecule has 4 rings (SSSR count). The minimum Gasteiger partial charge on any atom is -0.356 e. The number of aryl methyl sites for hydroxylation is 4. The van der Waals surface area contributed by atoms with Crippen LogP contribution < -0.4 is 4.90 Å². The van der Waals surface area contributed by atoms with Crippen molar-refractivity contribution in [2.45, 2.75) is 47.0 Å². The number of rotatable bonds is 3. The first-order valence-corrected chi connectivity index (χ1v) is 10.9. The Morgan fingerprint density at radius 2 is 1.86 bits per heavy atom. The predicted molar refractivity (Wildman–Crippen MR) is 121 cm³/mol. The van der Waals surface area contributed by atoms with Gasteiger partial charge in [0.25, 0.3) is 0 Å². The highest BCUT2D eigenvalue weighted by Gasteiger charge is 2.25. The molecule has 1 aliphatic heterocycles. The molecule has 0 amide bonds. The molecule has 3 aromatic rings. The molecule has 1 saturated heterocycles. The second kappa shape index (κ2) is 7.79. The van der Waals surface area contributed by atoms with Gasteiger partial charge < -0.3 is 9.47 Å². The lowest BCUT2D eigenvalue weighted by atomic mass is 9.95. The van der Waals surface area contributed by atoms with Gasteiger partial charge in [-0.05, 0) is 75.3 Å². The van der Waals surface area contributed by atoms with Crippen molar-refractivity contribution in [3.63, 3.8) is 0 Å². The van der Waals surface area contributed by atoms with Gasteiger partial charge in [-0.3, -0.25) is 0 Å². The third-order valence-electron chi connectivity index (χ3n) is 5.82. The first kappa shape index (κ1) is 19.9. The second-order valence-corrected chi connectivity index (χ2v) is 9.10. The van der Waals surface area contributed by atoms with E-state index in [-0.39, 0.29) is 0 Å². The van der Waals surface area contributed by atoms with Crippen molar-refractivity contribution in [2.75, 3.05) is 18.0 Å². The normalized spacial score (nSPS) is 17.0. The summed E-state index contributed by atoms with van der Waals surface area (Å²) < 4.78 is 3.31. The summed E-state index contributed by atoms with van der Waals surface area (Å²) in [5.74, 6) is 2.21. The largest absolute Gasteiger partial charge is 0.356 e. The lowest BCUT2D eigenvalue weighted by molar-refractivity contribution is 0.420. The summed E-state index contributed by atoms with van der Waals surface area (Å²) in [5, 5.41) is 10.3. The number of hydrogen-bond acceptors (Lipinski definition) is 4. The van der Waals surface area contributed by atoms with Crippen LogP contribution in [0.3, 0.4) is 0 Å². The first-order valence-electron chi connectivity index (χ1n) is 10.1. The van der Waals surface area contributed by atoms with Gasteiger partial charge in [-0.15, -0.1) is 0 Å². The third-order valence-corrected chi connectivity index (χ3v) is 6.28. The number of piperidine rings is 1. The molecule has 6 heteroatoms. The average Bonchev–Trinajstić information content (AvgIpc) is 2.97. The van der Waals surface area contributed by atoms with Crippen LogP contribution in [0.2, 0.25) is 0 Å². The van der Waals surface area contributed by atoms with Crippen LogP contribution in [0.25, 0.3) is 16.7 Å². The predicted octanol–water partition coefficient (Wildman–Crippen LogP) is 5.55. The Bertz CT molecular complexity index is 1100. The fraction of sp³-hybridized carbons (Fsp3) is 0.435. The molecule has 3 heterocycles. The number of nitrogens with zero attached hydrogens (tertiary/aromatic N) is 5. The zero-order chi connectivity index (χ0) is 20.7. The first-order chi connectivity index (χ1) is 13.9. The number of fused-ring (bicyclic) bond motifs is 1. The maximum Gasteiger partial charge on any atom is 0.150 e. The number of aromatic nitrogens is 3. The molecule has 1 fully saturated rings. The molecule has 0 N–H and O–H groups in total. The SMILES string of the molecule is Cc1nc(N2CCCC(CC#N)C2)c2c(C)cn(-c3c(C)cc(Br)cc3C)c2n1. The van der Waals surface area contributed by atoms with Crippen LogP contribution in [-0.4, -0.2) is 27.6 Å². The Balaban J connectivity index is 1.89. The van der Waals surface area contributed by atoms with Crippen molar-refractivity contribution in [3.05, 3.63) is 45.3 Å². The van der Waals surface area contributed by atoms with E-state index in [2.05, 4.69) is 70.6 Å². The number of benzene rings is 1. The van der Waals surface area contributed by atoms with Gasteiger partial charge >= 0.3 is 0 Å². The molecule has 1 aliphatic rings. The molecule has 5 nitrogen and oxygen atoms in total. The zero-order valence-electron chi connectivity index (χ0n) is 17.5. The monoisotopic (exact) mass is 451 g/mol. The van der Waals surface area contributed by atoms with E-state index in [9.17, 15) is 0 Å². The Hall–Kier alpha value is -2.39. The van der Waals surface area contributed by atoms with Crippen LogP contribution in [0.4, 0.5) is 5.82 Å². The minimum atomic E-state index is 0.414. The molecule has 0 saturated carbocycles. The van der Waals surface area contributed by atoms with Crippen molar-refractivity contribution in [1.82, 2.24) is 14.5 Å². The van der Waals surface area contributed by atoms with Crippen LogP contribution in [0.15, 0.2) is 22.8 Å². The summed E-state index contributed by atoms with van der Waals surface area (Å²) in [6.45, 7) is 10.3. The summed E-state index contributed by atoms with van der Waals surface area (Å²) in [6, 6.07) is 6.64. The molecule has 1 unspecified atom stereocenters. The van der Waals surface area contributed by atoms with E-state index in [0.717, 1.165) is 53.1 Å². The second-order valence-electron chi connectivity index (χ2n) is 8.18. The minimum absolute atomic E-state index is 0.414. The highest BCUT2D eigenvalue weighted by molar-refractivity contribution is 9.10. The van der Waals surface area contributed by atoms with Crippen LogP contribution in [0.5, 0.6) is 0 Å². The van der Waals surface area contributed by atoms with Gasteiger partial charge in [0.2, 0.25) is 0 Å². The summed E-state index contributed by atoms with van der Waals surface area (Å²) >= 11 is 3.60. The van der Waals surface area contributed by atoms with E-state index >= 15 is 0 Å². The number of anilines is 1. The molecule has 2 aromatic heterocycles.